The lowest BCUT2D eigenvalue weighted by atomic mass is 10.0. The lowest BCUT2D eigenvalue weighted by Gasteiger charge is -2.33. The van der Waals surface area contributed by atoms with Crippen molar-refractivity contribution in [3.8, 4) is 5.75 Å². The van der Waals surface area contributed by atoms with E-state index in [1.807, 2.05) is 30.9 Å². The number of aryl methyl sites for hydroxylation is 2. The van der Waals surface area contributed by atoms with Crippen LogP contribution in [0, 0.1) is 13.8 Å². The number of methoxy groups -OCH3 is 1. The van der Waals surface area contributed by atoms with Crippen LogP contribution < -0.4 is 10.1 Å². The third-order valence-corrected chi connectivity index (χ3v) is 8.29. The molecular formula is C24H38N4O4S. The van der Waals surface area contributed by atoms with E-state index in [9.17, 15) is 13.8 Å². The highest BCUT2D eigenvalue weighted by Crippen LogP contribution is 2.25. The van der Waals surface area contributed by atoms with Crippen LogP contribution in [0.2, 0.25) is 0 Å². The molecule has 1 N–H and O–H groups in total. The van der Waals surface area contributed by atoms with Crippen LogP contribution in [0.1, 0.15) is 43.2 Å². The van der Waals surface area contributed by atoms with E-state index < -0.39 is 11.0 Å². The number of nitrogens with zero attached hydrogens (tertiary/aromatic N) is 3. The molecule has 0 saturated carbocycles. The van der Waals surface area contributed by atoms with Gasteiger partial charge in [0.15, 0.2) is 0 Å². The Hall–Kier alpha value is -1.97. The molecule has 0 bridgehead atoms. The van der Waals surface area contributed by atoms with Crippen LogP contribution in [0.4, 0.5) is 0 Å². The van der Waals surface area contributed by atoms with E-state index in [4.69, 9.17) is 4.74 Å². The monoisotopic (exact) mass is 478 g/mol. The Morgan fingerprint density at radius 1 is 1.12 bits per heavy atom. The lowest BCUT2D eigenvalue weighted by Crippen LogP contribution is -2.49. The van der Waals surface area contributed by atoms with Crippen molar-refractivity contribution in [1.82, 2.24) is 19.4 Å². The third-order valence-electron chi connectivity index (χ3n) is 6.55. The molecule has 2 amide bonds. The zero-order valence-corrected chi connectivity index (χ0v) is 21.2. The Morgan fingerprint density at radius 2 is 1.73 bits per heavy atom. The zero-order chi connectivity index (χ0) is 24.0. The van der Waals surface area contributed by atoms with E-state index in [-0.39, 0.29) is 24.3 Å². The summed E-state index contributed by atoms with van der Waals surface area (Å²) < 4.78 is 20.0. The minimum absolute atomic E-state index is 0.0381. The minimum Gasteiger partial charge on any atom is -0.497 e. The van der Waals surface area contributed by atoms with Gasteiger partial charge in [-0.2, -0.15) is 0 Å². The van der Waals surface area contributed by atoms with Gasteiger partial charge in [0.25, 0.3) is 0 Å². The molecule has 1 aromatic rings. The van der Waals surface area contributed by atoms with Gasteiger partial charge in [-0.3, -0.25) is 14.5 Å². The van der Waals surface area contributed by atoms with Crippen LogP contribution in [-0.2, 0) is 20.6 Å². The number of hydrogen-bond acceptors (Lipinski definition) is 5. The van der Waals surface area contributed by atoms with Crippen LogP contribution in [0.5, 0.6) is 5.75 Å². The van der Waals surface area contributed by atoms with Gasteiger partial charge in [-0.25, -0.2) is 8.51 Å². The molecule has 0 aliphatic carbocycles. The summed E-state index contributed by atoms with van der Waals surface area (Å²) in [6.07, 6.45) is 4.21. The first-order valence-electron chi connectivity index (χ1n) is 11.9. The molecule has 3 rings (SSSR count). The van der Waals surface area contributed by atoms with E-state index in [1.165, 1.54) is 12.8 Å². The van der Waals surface area contributed by atoms with Gasteiger partial charge < -0.3 is 15.0 Å². The smallest absolute Gasteiger partial charge is 0.236 e. The van der Waals surface area contributed by atoms with E-state index in [0.717, 1.165) is 47.7 Å². The summed E-state index contributed by atoms with van der Waals surface area (Å²) in [5, 5.41) is 3.09. The van der Waals surface area contributed by atoms with Crippen molar-refractivity contribution in [3.05, 3.63) is 23.3 Å². The van der Waals surface area contributed by atoms with Crippen molar-refractivity contribution in [2.45, 2.75) is 56.9 Å². The molecule has 2 saturated heterocycles. The molecule has 1 unspecified atom stereocenters. The summed E-state index contributed by atoms with van der Waals surface area (Å²) in [4.78, 5) is 29.9. The topological polar surface area (TPSA) is 82.2 Å². The Bertz CT molecular complexity index is 841. The molecule has 9 heteroatoms. The summed E-state index contributed by atoms with van der Waals surface area (Å²) >= 11 is 0. The summed E-state index contributed by atoms with van der Waals surface area (Å²) in [6.45, 7) is 8.20. The van der Waals surface area contributed by atoms with Gasteiger partial charge in [-0.05, 0) is 75.9 Å². The average Bonchev–Trinajstić information content (AvgIpc) is 3.30. The molecule has 0 spiro atoms. The maximum absolute atomic E-state index is 13.0. The molecule has 2 heterocycles. The van der Waals surface area contributed by atoms with Gasteiger partial charge in [0, 0.05) is 39.1 Å². The maximum Gasteiger partial charge on any atom is 0.236 e. The highest BCUT2D eigenvalue weighted by Gasteiger charge is 2.26. The number of likely N-dealkylation sites (tertiary alicyclic amines) is 2. The lowest BCUT2D eigenvalue weighted by molar-refractivity contribution is -0.133. The molecule has 2 fully saturated rings. The zero-order valence-electron chi connectivity index (χ0n) is 20.4. The number of amides is 2. The molecule has 8 nitrogen and oxygen atoms in total. The Labute approximate surface area is 200 Å². The van der Waals surface area contributed by atoms with Crippen molar-refractivity contribution < 1.29 is 18.5 Å². The second-order valence-corrected chi connectivity index (χ2v) is 10.7. The Balaban J connectivity index is 1.40. The summed E-state index contributed by atoms with van der Waals surface area (Å²) in [5.74, 6) is 0.912. The highest BCUT2D eigenvalue weighted by atomic mass is 32.2. The largest absolute Gasteiger partial charge is 0.497 e. The molecule has 184 valence electrons. The molecule has 33 heavy (non-hydrogen) atoms. The number of piperidine rings is 1. The summed E-state index contributed by atoms with van der Waals surface area (Å²) in [5.41, 5.74) is 1.82. The van der Waals surface area contributed by atoms with Crippen molar-refractivity contribution in [1.29, 1.82) is 0 Å². The van der Waals surface area contributed by atoms with Gasteiger partial charge in [0.2, 0.25) is 11.8 Å². The van der Waals surface area contributed by atoms with Gasteiger partial charge in [-0.1, -0.05) is 0 Å². The van der Waals surface area contributed by atoms with Crippen molar-refractivity contribution in [2.75, 3.05) is 53.4 Å². The van der Waals surface area contributed by atoms with E-state index in [0.29, 0.717) is 26.2 Å². The van der Waals surface area contributed by atoms with Crippen LogP contribution >= 0.6 is 0 Å². The number of carbonyl (C=O) groups excluding carboxylic acids is 2. The van der Waals surface area contributed by atoms with Crippen LogP contribution in [0.3, 0.4) is 0 Å². The van der Waals surface area contributed by atoms with Gasteiger partial charge in [-0.15, -0.1) is 0 Å². The van der Waals surface area contributed by atoms with Crippen molar-refractivity contribution in [3.63, 3.8) is 0 Å². The first-order valence-corrected chi connectivity index (χ1v) is 13.0. The number of hydrogen-bond donors (Lipinski definition) is 1. The SMILES string of the molecule is COc1cc(C)c(S(=O)N(C)CCC(=O)NC2CCN(C(=O)CN3CCCC3)CC2)c(C)c1. The second-order valence-electron chi connectivity index (χ2n) is 9.15. The first kappa shape index (κ1) is 25.6. The quantitative estimate of drug-likeness (QED) is 0.586. The third kappa shape index (κ3) is 7.01. The average molecular weight is 479 g/mol. The molecule has 2 aliphatic rings. The van der Waals surface area contributed by atoms with Crippen LogP contribution in [0.15, 0.2) is 17.0 Å². The highest BCUT2D eigenvalue weighted by molar-refractivity contribution is 7.82. The number of rotatable bonds is 9. The maximum atomic E-state index is 13.0. The molecule has 1 aromatic carbocycles. The van der Waals surface area contributed by atoms with Crippen molar-refractivity contribution >= 4 is 22.8 Å². The molecule has 0 aromatic heterocycles. The Morgan fingerprint density at radius 3 is 2.30 bits per heavy atom. The van der Waals surface area contributed by atoms with E-state index >= 15 is 0 Å². The van der Waals surface area contributed by atoms with Gasteiger partial charge in [0.05, 0.1) is 18.6 Å². The molecule has 1 atom stereocenters. The van der Waals surface area contributed by atoms with Crippen molar-refractivity contribution in [2.24, 2.45) is 0 Å². The van der Waals surface area contributed by atoms with E-state index in [2.05, 4.69) is 10.2 Å². The van der Waals surface area contributed by atoms with Gasteiger partial charge in [0.1, 0.15) is 16.7 Å². The summed E-state index contributed by atoms with van der Waals surface area (Å²) in [6, 6.07) is 3.85. The fourth-order valence-corrected chi connectivity index (χ4v) is 5.84. The predicted molar refractivity (Wildman–Crippen MR) is 130 cm³/mol. The van der Waals surface area contributed by atoms with E-state index in [1.54, 1.807) is 18.5 Å². The number of ether oxygens (including phenoxy) is 1. The fourth-order valence-electron chi connectivity index (χ4n) is 4.61. The molecular weight excluding hydrogens is 440 g/mol. The first-order chi connectivity index (χ1) is 15.8. The number of benzene rings is 1. The summed E-state index contributed by atoms with van der Waals surface area (Å²) in [7, 11) is 2.04. The normalized spacial score (nSPS) is 18.5. The second kappa shape index (κ2) is 11.9. The molecule has 0 radical (unpaired) electrons. The number of nitrogens with one attached hydrogen (secondary N) is 1. The predicted octanol–water partition coefficient (Wildman–Crippen LogP) is 1.86. The van der Waals surface area contributed by atoms with Crippen LogP contribution in [0.25, 0.3) is 0 Å². The molecule has 2 aliphatic heterocycles. The van der Waals surface area contributed by atoms with Crippen LogP contribution in [-0.4, -0.2) is 89.6 Å². The standard InChI is InChI=1S/C24H38N4O4S/c1-18-15-21(32-4)16-19(2)24(18)33(31)26(3)12-9-22(29)25-20-7-13-28(14-8-20)23(30)17-27-10-5-6-11-27/h15-16,20H,5-14,17H2,1-4H3,(H,25,29). The Kier molecular flexibility index (Phi) is 9.28. The number of carbonyl (C=O) groups is 2. The van der Waals surface area contributed by atoms with Gasteiger partial charge >= 0.3 is 0 Å². The fraction of sp³-hybridized carbons (Fsp3) is 0.667. The minimum atomic E-state index is -1.35.